The van der Waals surface area contributed by atoms with Gasteiger partial charge in [-0.3, -0.25) is 20.2 Å². The number of carbonyl (C=O) groups excluding carboxylic acids is 2. The average Bonchev–Trinajstić information content (AvgIpc) is 3.55. The van der Waals surface area contributed by atoms with E-state index in [4.69, 9.17) is 9.47 Å². The molecule has 2 rings (SSSR count). The molecular formula is C18H30N4O8. The van der Waals surface area contributed by atoms with Gasteiger partial charge in [0.2, 0.25) is 0 Å². The van der Waals surface area contributed by atoms with Gasteiger partial charge in [0.05, 0.1) is 23.1 Å². The molecule has 2 aliphatic heterocycles. The SMILES string of the molecule is CCCC[C@H]1N(C(=O)OCC)[C@@]1([N+](=O)[O-])[C@]1([N+](=O)[O-])[C@@H](CCCC)N1C(=O)OCC. The number of amides is 2. The second-order valence-corrected chi connectivity index (χ2v) is 7.42. The third kappa shape index (κ3) is 3.21. The van der Waals surface area contributed by atoms with Gasteiger partial charge < -0.3 is 9.47 Å². The highest BCUT2D eigenvalue weighted by molar-refractivity contribution is 5.78. The molecule has 0 aromatic heterocycles. The lowest BCUT2D eigenvalue weighted by Crippen LogP contribution is -2.55. The quantitative estimate of drug-likeness (QED) is 0.276. The lowest BCUT2D eigenvalue weighted by molar-refractivity contribution is -0.658. The smallest absolute Gasteiger partial charge is 0.416 e. The van der Waals surface area contributed by atoms with E-state index in [0.29, 0.717) is 25.7 Å². The van der Waals surface area contributed by atoms with Crippen LogP contribution in [0, 0.1) is 20.2 Å². The molecule has 0 bridgehead atoms. The van der Waals surface area contributed by atoms with Gasteiger partial charge >= 0.3 is 23.5 Å². The van der Waals surface area contributed by atoms with Gasteiger partial charge in [-0.1, -0.05) is 39.5 Å². The van der Waals surface area contributed by atoms with E-state index in [1.165, 1.54) is 0 Å². The van der Waals surface area contributed by atoms with Crippen LogP contribution in [-0.2, 0) is 9.47 Å². The summed E-state index contributed by atoms with van der Waals surface area (Å²) in [5.74, 6) is 0. The summed E-state index contributed by atoms with van der Waals surface area (Å²) in [6, 6.07) is -2.08. The van der Waals surface area contributed by atoms with E-state index in [1.54, 1.807) is 13.8 Å². The number of unbranched alkanes of at least 4 members (excludes halogenated alkanes) is 2. The van der Waals surface area contributed by atoms with Gasteiger partial charge in [-0.2, -0.15) is 0 Å². The lowest BCUT2D eigenvalue weighted by Gasteiger charge is -2.15. The predicted molar refractivity (Wildman–Crippen MR) is 104 cm³/mol. The van der Waals surface area contributed by atoms with Gasteiger partial charge in [-0.05, 0) is 26.7 Å². The molecular weight excluding hydrogens is 400 g/mol. The standard InChI is InChI=1S/C18H30N4O8/c1-5-9-11-13-17(21(25)26,19(13)15(23)29-7-3)18(22(27)28)14(12-10-6-2)20(18)16(24)30-8-4/h13-14H,5-12H2,1-4H3/t13-,14-,17-,18+,19?,20?/m1/s1. The number of rotatable bonds is 11. The second-order valence-electron chi connectivity index (χ2n) is 7.42. The van der Waals surface area contributed by atoms with Crippen LogP contribution in [0.3, 0.4) is 0 Å². The van der Waals surface area contributed by atoms with Crippen LogP contribution >= 0.6 is 0 Å². The zero-order valence-corrected chi connectivity index (χ0v) is 17.9. The molecule has 0 spiro atoms. The van der Waals surface area contributed by atoms with Crippen molar-refractivity contribution in [3.8, 4) is 0 Å². The van der Waals surface area contributed by atoms with Crippen LogP contribution in [-0.4, -0.2) is 68.5 Å². The molecule has 170 valence electrons. The topological polar surface area (TPSA) is 145 Å². The van der Waals surface area contributed by atoms with Gasteiger partial charge in [0.25, 0.3) is 0 Å². The summed E-state index contributed by atoms with van der Waals surface area (Å²) in [6.45, 7) is 6.78. The second kappa shape index (κ2) is 9.00. The number of hydrogen-bond donors (Lipinski definition) is 0. The van der Waals surface area contributed by atoms with Crippen LogP contribution in [0.25, 0.3) is 0 Å². The first-order chi connectivity index (χ1) is 14.2. The number of nitro groups is 2. The Hall–Kier alpha value is -2.66. The lowest BCUT2D eigenvalue weighted by atomic mass is 9.96. The van der Waals surface area contributed by atoms with E-state index in [2.05, 4.69) is 0 Å². The minimum atomic E-state index is -2.39. The first-order valence-electron chi connectivity index (χ1n) is 10.5. The maximum absolute atomic E-state index is 12.6. The first-order valence-corrected chi connectivity index (χ1v) is 10.5. The van der Waals surface area contributed by atoms with Crippen molar-refractivity contribution >= 4 is 12.2 Å². The molecule has 30 heavy (non-hydrogen) atoms. The van der Waals surface area contributed by atoms with Gasteiger partial charge in [0.15, 0.2) is 0 Å². The highest BCUT2D eigenvalue weighted by Crippen LogP contribution is 2.64. The Morgan fingerprint density at radius 1 is 0.800 bits per heavy atom. The normalized spacial score (nSPS) is 29.3. The summed E-state index contributed by atoms with van der Waals surface area (Å²) in [6.07, 6.45) is 0.862. The van der Waals surface area contributed by atoms with E-state index in [1.807, 2.05) is 13.8 Å². The van der Waals surface area contributed by atoms with Gasteiger partial charge in [0, 0.05) is 0 Å². The average molecular weight is 430 g/mol. The Balaban J connectivity index is 2.61. The van der Waals surface area contributed by atoms with E-state index in [0.717, 1.165) is 9.80 Å². The van der Waals surface area contributed by atoms with Gasteiger partial charge in [-0.25, -0.2) is 19.4 Å². The number of ether oxygens (including phenoxy) is 2. The van der Waals surface area contributed by atoms with Crippen molar-refractivity contribution in [3.63, 3.8) is 0 Å². The third-order valence-corrected chi connectivity index (χ3v) is 5.84. The summed E-state index contributed by atoms with van der Waals surface area (Å²) < 4.78 is 9.94. The number of carbonyl (C=O) groups is 2. The molecule has 0 aromatic rings. The molecule has 0 aromatic carbocycles. The third-order valence-electron chi connectivity index (χ3n) is 5.84. The van der Waals surface area contributed by atoms with E-state index in [-0.39, 0.29) is 26.1 Å². The Morgan fingerprint density at radius 2 is 1.13 bits per heavy atom. The Kier molecular flexibility index (Phi) is 7.09. The fourth-order valence-corrected chi connectivity index (χ4v) is 4.58. The van der Waals surface area contributed by atoms with E-state index in [9.17, 15) is 29.8 Å². The minimum absolute atomic E-state index is 0.0318. The molecule has 4 atom stereocenters. The zero-order chi connectivity index (χ0) is 22.7. The van der Waals surface area contributed by atoms with Gasteiger partial charge in [0.1, 0.15) is 12.1 Å². The van der Waals surface area contributed by atoms with Crippen molar-refractivity contribution in [1.82, 2.24) is 9.80 Å². The van der Waals surface area contributed by atoms with Crippen LogP contribution in [0.15, 0.2) is 0 Å². The molecule has 2 saturated heterocycles. The summed E-state index contributed by atoms with van der Waals surface area (Å²) in [5.41, 5.74) is -4.77. The summed E-state index contributed by atoms with van der Waals surface area (Å²) >= 11 is 0. The van der Waals surface area contributed by atoms with Crippen molar-refractivity contribution in [2.45, 2.75) is 89.6 Å². The molecule has 2 aliphatic rings. The van der Waals surface area contributed by atoms with Gasteiger partial charge in [-0.15, -0.1) is 0 Å². The highest BCUT2D eigenvalue weighted by atomic mass is 16.7. The molecule has 2 fully saturated rings. The van der Waals surface area contributed by atoms with Crippen molar-refractivity contribution in [1.29, 1.82) is 0 Å². The first kappa shape index (κ1) is 23.6. The predicted octanol–water partition coefficient (Wildman–Crippen LogP) is 2.99. The Bertz CT molecular complexity index is 646. The molecule has 0 N–H and O–H groups in total. The maximum atomic E-state index is 12.6. The van der Waals surface area contributed by atoms with Crippen LogP contribution in [0.1, 0.15) is 66.2 Å². The maximum Gasteiger partial charge on any atom is 0.416 e. The van der Waals surface area contributed by atoms with Crippen LogP contribution < -0.4 is 0 Å². The molecule has 0 unspecified atom stereocenters. The molecule has 2 amide bonds. The molecule has 2 heterocycles. The number of nitrogens with zero attached hydrogens (tertiary/aromatic N) is 4. The Labute approximate surface area is 174 Å². The summed E-state index contributed by atoms with van der Waals surface area (Å²) in [4.78, 5) is 50.0. The molecule has 12 heteroatoms. The fourth-order valence-electron chi connectivity index (χ4n) is 4.58. The van der Waals surface area contributed by atoms with E-state index >= 15 is 0 Å². The fraction of sp³-hybridized carbons (Fsp3) is 0.889. The molecule has 0 aliphatic carbocycles. The van der Waals surface area contributed by atoms with Crippen LogP contribution in [0.5, 0.6) is 0 Å². The largest absolute Gasteiger partial charge is 0.450 e. The van der Waals surface area contributed by atoms with E-state index < -0.39 is 45.4 Å². The van der Waals surface area contributed by atoms with Crippen molar-refractivity contribution in [3.05, 3.63) is 20.2 Å². The Morgan fingerprint density at radius 3 is 1.37 bits per heavy atom. The summed E-state index contributed by atoms with van der Waals surface area (Å²) in [5, 5.41) is 24.8. The minimum Gasteiger partial charge on any atom is -0.450 e. The van der Waals surface area contributed by atoms with Crippen molar-refractivity contribution < 1.29 is 28.9 Å². The molecule has 12 nitrogen and oxygen atoms in total. The van der Waals surface area contributed by atoms with Crippen LogP contribution in [0.4, 0.5) is 9.59 Å². The number of hydrogen-bond acceptors (Lipinski definition) is 8. The summed E-state index contributed by atoms with van der Waals surface area (Å²) in [7, 11) is 0. The molecule has 0 saturated carbocycles. The monoisotopic (exact) mass is 430 g/mol. The molecule has 0 radical (unpaired) electrons. The highest BCUT2D eigenvalue weighted by Gasteiger charge is 3.04. The van der Waals surface area contributed by atoms with Crippen molar-refractivity contribution in [2.24, 2.45) is 0 Å². The van der Waals surface area contributed by atoms with Crippen LogP contribution in [0.2, 0.25) is 0 Å². The zero-order valence-electron chi connectivity index (χ0n) is 17.9. The van der Waals surface area contributed by atoms with Crippen molar-refractivity contribution in [2.75, 3.05) is 13.2 Å².